The van der Waals surface area contributed by atoms with Gasteiger partial charge in [0, 0.05) is 0 Å². The first kappa shape index (κ1) is 10.1. The SMILES string of the molecule is O=CC(O)C(O)=CC(O)CO. The van der Waals surface area contributed by atoms with E-state index >= 15 is 0 Å². The third-order valence-electron chi connectivity index (χ3n) is 0.982. The Hall–Kier alpha value is -0.910. The predicted molar refractivity (Wildman–Crippen MR) is 35.9 cm³/mol. The van der Waals surface area contributed by atoms with Crippen molar-refractivity contribution in [3.05, 3.63) is 11.8 Å². The molecule has 0 bridgehead atoms. The molecule has 0 aliphatic rings. The maximum absolute atomic E-state index is 9.82. The van der Waals surface area contributed by atoms with Crippen LogP contribution in [0.25, 0.3) is 0 Å². The molecular weight excluding hydrogens is 152 g/mol. The summed E-state index contributed by atoms with van der Waals surface area (Å²) in [6.07, 6.45) is -1.99. The molecule has 0 amide bonds. The largest absolute Gasteiger partial charge is 0.509 e. The summed E-state index contributed by atoms with van der Waals surface area (Å²) in [5, 5.41) is 34.2. The van der Waals surface area contributed by atoms with Crippen molar-refractivity contribution in [2.24, 2.45) is 0 Å². The normalized spacial score (nSPS) is 17.5. The number of aliphatic hydroxyl groups excluding tert-OH is 4. The van der Waals surface area contributed by atoms with Gasteiger partial charge in [0.05, 0.1) is 12.7 Å². The first-order valence-corrected chi connectivity index (χ1v) is 2.94. The van der Waals surface area contributed by atoms with Gasteiger partial charge in [-0.3, -0.25) is 4.79 Å². The van der Waals surface area contributed by atoms with Gasteiger partial charge in [-0.2, -0.15) is 0 Å². The van der Waals surface area contributed by atoms with E-state index in [0.717, 1.165) is 6.08 Å². The quantitative estimate of drug-likeness (QED) is 0.293. The van der Waals surface area contributed by atoms with Crippen molar-refractivity contribution in [1.82, 2.24) is 0 Å². The highest BCUT2D eigenvalue weighted by molar-refractivity contribution is 5.59. The van der Waals surface area contributed by atoms with Gasteiger partial charge in [0.15, 0.2) is 12.4 Å². The molecule has 0 heterocycles. The van der Waals surface area contributed by atoms with Crippen molar-refractivity contribution in [3.63, 3.8) is 0 Å². The zero-order valence-electron chi connectivity index (χ0n) is 5.71. The van der Waals surface area contributed by atoms with E-state index < -0.39 is 24.6 Å². The number of aliphatic hydroxyl groups is 4. The molecule has 2 unspecified atom stereocenters. The fraction of sp³-hybridized carbons (Fsp3) is 0.500. The van der Waals surface area contributed by atoms with Gasteiger partial charge in [0.25, 0.3) is 0 Å². The smallest absolute Gasteiger partial charge is 0.165 e. The highest BCUT2D eigenvalue weighted by atomic mass is 16.3. The number of carbonyl (C=O) groups is 1. The minimum absolute atomic E-state index is 0.107. The van der Waals surface area contributed by atoms with Crippen LogP contribution in [0.2, 0.25) is 0 Å². The molecule has 0 aromatic rings. The number of hydrogen-bond acceptors (Lipinski definition) is 5. The van der Waals surface area contributed by atoms with Crippen LogP contribution in [0.5, 0.6) is 0 Å². The van der Waals surface area contributed by atoms with Gasteiger partial charge in [0.1, 0.15) is 5.76 Å². The molecule has 0 saturated heterocycles. The zero-order valence-corrected chi connectivity index (χ0v) is 5.71. The topological polar surface area (TPSA) is 98.0 Å². The first-order chi connectivity index (χ1) is 5.11. The van der Waals surface area contributed by atoms with Gasteiger partial charge < -0.3 is 20.4 Å². The molecule has 0 aromatic carbocycles. The Labute approximate surface area is 63.2 Å². The van der Waals surface area contributed by atoms with Crippen molar-refractivity contribution in [3.8, 4) is 0 Å². The molecule has 64 valence electrons. The summed E-state index contributed by atoms with van der Waals surface area (Å²) in [4.78, 5) is 9.82. The van der Waals surface area contributed by atoms with Gasteiger partial charge in [-0.05, 0) is 6.08 Å². The fourth-order valence-corrected chi connectivity index (χ4v) is 0.418. The Bertz CT molecular complexity index is 153. The molecule has 0 radical (unpaired) electrons. The Morgan fingerprint density at radius 2 is 2.00 bits per heavy atom. The minimum atomic E-state index is -1.63. The standard InChI is InChI=1S/C6H10O5/c7-2-4(9)1-5(10)6(11)3-8/h1,3-4,6-7,9-11H,2H2. The minimum Gasteiger partial charge on any atom is -0.509 e. The van der Waals surface area contributed by atoms with E-state index in [4.69, 9.17) is 20.4 Å². The van der Waals surface area contributed by atoms with E-state index in [-0.39, 0.29) is 6.29 Å². The number of carbonyl (C=O) groups excluding carboxylic acids is 1. The van der Waals surface area contributed by atoms with Crippen molar-refractivity contribution < 1.29 is 25.2 Å². The number of aldehydes is 1. The zero-order chi connectivity index (χ0) is 8.85. The highest BCUT2D eigenvalue weighted by Crippen LogP contribution is 1.96. The summed E-state index contributed by atoms with van der Waals surface area (Å²) >= 11 is 0. The summed E-state index contributed by atoms with van der Waals surface area (Å²) < 4.78 is 0. The maximum Gasteiger partial charge on any atom is 0.165 e. The van der Waals surface area contributed by atoms with Gasteiger partial charge in [-0.25, -0.2) is 0 Å². The lowest BCUT2D eigenvalue weighted by Gasteiger charge is -2.04. The average Bonchev–Trinajstić information content (AvgIpc) is 2.02. The summed E-state index contributed by atoms with van der Waals surface area (Å²) in [5.41, 5.74) is 0. The van der Waals surface area contributed by atoms with Crippen molar-refractivity contribution >= 4 is 6.29 Å². The first-order valence-electron chi connectivity index (χ1n) is 2.94. The van der Waals surface area contributed by atoms with E-state index in [1.165, 1.54) is 0 Å². The Morgan fingerprint density at radius 1 is 1.45 bits per heavy atom. The second-order valence-corrected chi connectivity index (χ2v) is 1.92. The lowest BCUT2D eigenvalue weighted by molar-refractivity contribution is -0.114. The third-order valence-corrected chi connectivity index (χ3v) is 0.982. The molecule has 0 aromatic heterocycles. The van der Waals surface area contributed by atoms with Crippen LogP contribution in [-0.4, -0.2) is 45.5 Å². The maximum atomic E-state index is 9.82. The van der Waals surface area contributed by atoms with Crippen molar-refractivity contribution in [2.75, 3.05) is 6.61 Å². The molecule has 5 nitrogen and oxygen atoms in total. The molecule has 4 N–H and O–H groups in total. The Kier molecular flexibility index (Phi) is 4.44. The molecular formula is C6H10O5. The monoisotopic (exact) mass is 162 g/mol. The molecule has 5 heteroatoms. The van der Waals surface area contributed by atoms with Crippen LogP contribution in [-0.2, 0) is 4.79 Å². The van der Waals surface area contributed by atoms with E-state index in [0.29, 0.717) is 0 Å². The molecule has 0 rings (SSSR count). The lowest BCUT2D eigenvalue weighted by Crippen LogP contribution is -2.16. The van der Waals surface area contributed by atoms with E-state index in [9.17, 15) is 4.79 Å². The number of rotatable bonds is 4. The molecule has 0 aliphatic heterocycles. The molecule has 0 spiro atoms. The Morgan fingerprint density at radius 3 is 2.36 bits per heavy atom. The summed E-state index contributed by atoms with van der Waals surface area (Å²) in [7, 11) is 0. The van der Waals surface area contributed by atoms with Crippen LogP contribution < -0.4 is 0 Å². The van der Waals surface area contributed by atoms with Crippen LogP contribution in [0, 0.1) is 0 Å². The second kappa shape index (κ2) is 4.84. The van der Waals surface area contributed by atoms with Gasteiger partial charge in [0.2, 0.25) is 0 Å². The molecule has 11 heavy (non-hydrogen) atoms. The summed E-state index contributed by atoms with van der Waals surface area (Å²) in [5.74, 6) is -0.665. The van der Waals surface area contributed by atoms with Crippen LogP contribution in [0.3, 0.4) is 0 Å². The average molecular weight is 162 g/mol. The van der Waals surface area contributed by atoms with E-state index in [2.05, 4.69) is 0 Å². The second-order valence-electron chi connectivity index (χ2n) is 1.92. The van der Waals surface area contributed by atoms with Crippen LogP contribution in [0.15, 0.2) is 11.8 Å². The van der Waals surface area contributed by atoms with Crippen LogP contribution in [0.1, 0.15) is 0 Å². The van der Waals surface area contributed by atoms with Gasteiger partial charge >= 0.3 is 0 Å². The van der Waals surface area contributed by atoms with E-state index in [1.54, 1.807) is 0 Å². The molecule has 2 atom stereocenters. The van der Waals surface area contributed by atoms with Gasteiger partial charge in [-0.1, -0.05) is 0 Å². The molecule has 0 saturated carbocycles. The number of hydrogen-bond donors (Lipinski definition) is 4. The Balaban J connectivity index is 4.08. The van der Waals surface area contributed by atoms with Crippen LogP contribution >= 0.6 is 0 Å². The lowest BCUT2D eigenvalue weighted by atomic mass is 10.2. The third kappa shape index (κ3) is 3.72. The van der Waals surface area contributed by atoms with Crippen LogP contribution in [0.4, 0.5) is 0 Å². The summed E-state index contributed by atoms with van der Waals surface area (Å²) in [6.45, 7) is -0.574. The van der Waals surface area contributed by atoms with Crippen molar-refractivity contribution in [1.29, 1.82) is 0 Å². The highest BCUT2D eigenvalue weighted by Gasteiger charge is 2.08. The fourth-order valence-electron chi connectivity index (χ4n) is 0.418. The predicted octanol–water partition coefficient (Wildman–Crippen LogP) is -1.66. The van der Waals surface area contributed by atoms with E-state index in [1.807, 2.05) is 0 Å². The molecule has 0 fully saturated rings. The van der Waals surface area contributed by atoms with Gasteiger partial charge in [-0.15, -0.1) is 0 Å². The molecule has 0 aliphatic carbocycles. The summed E-state index contributed by atoms with van der Waals surface area (Å²) in [6, 6.07) is 0. The van der Waals surface area contributed by atoms with Crippen molar-refractivity contribution in [2.45, 2.75) is 12.2 Å².